The van der Waals surface area contributed by atoms with Crippen LogP contribution >= 0.6 is 27.3 Å². The minimum absolute atomic E-state index is 0.158. The molecule has 1 aromatic heterocycles. The molecule has 0 aromatic carbocycles. The molecule has 0 saturated carbocycles. The summed E-state index contributed by atoms with van der Waals surface area (Å²) in [6.45, 7) is 2.71. The molecule has 90 valence electrons. The van der Waals surface area contributed by atoms with Crippen molar-refractivity contribution in [2.45, 2.75) is 25.1 Å². The van der Waals surface area contributed by atoms with Gasteiger partial charge in [-0.05, 0) is 35.5 Å². The molecule has 0 amide bonds. The monoisotopic (exact) mass is 304 g/mol. The molecule has 1 fully saturated rings. The van der Waals surface area contributed by atoms with Crippen molar-refractivity contribution in [3.05, 3.63) is 20.8 Å². The van der Waals surface area contributed by atoms with Gasteiger partial charge in [0, 0.05) is 40.4 Å². The van der Waals surface area contributed by atoms with Crippen LogP contribution in [0, 0.1) is 0 Å². The van der Waals surface area contributed by atoms with Crippen molar-refractivity contribution in [1.82, 2.24) is 10.2 Å². The minimum atomic E-state index is -0.158. The summed E-state index contributed by atoms with van der Waals surface area (Å²) in [6.07, 6.45) is 0.715. The number of rotatable bonds is 4. The molecule has 0 radical (unpaired) electrons. The Hall–Kier alpha value is 0.0600. The molecule has 0 bridgehead atoms. The maximum absolute atomic E-state index is 9.42. The highest BCUT2D eigenvalue weighted by molar-refractivity contribution is 9.10. The SMILES string of the molecule is CN(Cc1cc(Br)cs1)CC1CC(O)CN1. The van der Waals surface area contributed by atoms with Crippen LogP contribution in [0.4, 0.5) is 0 Å². The third kappa shape index (κ3) is 3.53. The molecule has 2 unspecified atom stereocenters. The van der Waals surface area contributed by atoms with Gasteiger partial charge in [0.25, 0.3) is 0 Å². The van der Waals surface area contributed by atoms with E-state index in [2.05, 4.69) is 44.6 Å². The number of β-amino-alcohol motifs (C(OH)–C–C–N with tert-alkyl or cyclic N) is 1. The Morgan fingerprint density at radius 2 is 2.50 bits per heavy atom. The lowest BCUT2D eigenvalue weighted by molar-refractivity contribution is 0.189. The first-order chi connectivity index (χ1) is 7.63. The van der Waals surface area contributed by atoms with Gasteiger partial charge in [-0.3, -0.25) is 4.90 Å². The van der Waals surface area contributed by atoms with E-state index in [9.17, 15) is 5.11 Å². The zero-order valence-corrected chi connectivity index (χ0v) is 11.7. The van der Waals surface area contributed by atoms with Gasteiger partial charge >= 0.3 is 0 Å². The van der Waals surface area contributed by atoms with Crippen molar-refractivity contribution >= 4 is 27.3 Å². The summed E-state index contributed by atoms with van der Waals surface area (Å²) in [5.41, 5.74) is 0. The quantitative estimate of drug-likeness (QED) is 0.888. The zero-order chi connectivity index (χ0) is 11.5. The van der Waals surface area contributed by atoms with Crippen molar-refractivity contribution in [3.8, 4) is 0 Å². The van der Waals surface area contributed by atoms with Crippen LogP contribution in [0.3, 0.4) is 0 Å². The van der Waals surface area contributed by atoms with E-state index < -0.39 is 0 Å². The molecule has 0 aliphatic carbocycles. The number of nitrogens with zero attached hydrogens (tertiary/aromatic N) is 1. The lowest BCUT2D eigenvalue weighted by Gasteiger charge is -2.20. The second kappa shape index (κ2) is 5.60. The van der Waals surface area contributed by atoms with Crippen LogP contribution < -0.4 is 5.32 Å². The fourth-order valence-electron chi connectivity index (χ4n) is 2.08. The minimum Gasteiger partial charge on any atom is -0.392 e. The maximum Gasteiger partial charge on any atom is 0.0680 e. The average Bonchev–Trinajstić information content (AvgIpc) is 2.76. The zero-order valence-electron chi connectivity index (χ0n) is 9.32. The molecular formula is C11H17BrN2OS. The summed E-state index contributed by atoms with van der Waals surface area (Å²) in [6, 6.07) is 2.60. The third-order valence-electron chi connectivity index (χ3n) is 2.78. The topological polar surface area (TPSA) is 35.5 Å². The van der Waals surface area contributed by atoms with Crippen LogP contribution in [-0.4, -0.2) is 42.3 Å². The summed E-state index contributed by atoms with van der Waals surface area (Å²) in [5.74, 6) is 0. The Morgan fingerprint density at radius 3 is 3.06 bits per heavy atom. The van der Waals surface area contributed by atoms with Crippen LogP contribution in [0.25, 0.3) is 0 Å². The van der Waals surface area contributed by atoms with Crippen LogP contribution in [0.1, 0.15) is 11.3 Å². The van der Waals surface area contributed by atoms with Gasteiger partial charge in [-0.25, -0.2) is 0 Å². The first-order valence-electron chi connectivity index (χ1n) is 5.46. The van der Waals surface area contributed by atoms with Crippen LogP contribution in [-0.2, 0) is 6.54 Å². The second-order valence-corrected chi connectivity index (χ2v) is 6.33. The number of hydrogen-bond donors (Lipinski definition) is 2. The van der Waals surface area contributed by atoms with E-state index in [1.807, 2.05) is 0 Å². The largest absolute Gasteiger partial charge is 0.392 e. The smallest absolute Gasteiger partial charge is 0.0680 e. The number of halogens is 1. The Balaban J connectivity index is 1.78. The molecule has 0 spiro atoms. The van der Waals surface area contributed by atoms with Crippen molar-refractivity contribution in [2.75, 3.05) is 20.1 Å². The molecule has 16 heavy (non-hydrogen) atoms. The Bertz CT molecular complexity index is 344. The van der Waals surface area contributed by atoms with Crippen molar-refractivity contribution in [1.29, 1.82) is 0 Å². The van der Waals surface area contributed by atoms with Gasteiger partial charge in [-0.1, -0.05) is 0 Å². The first kappa shape index (κ1) is 12.5. The molecular weight excluding hydrogens is 288 g/mol. The Labute approximate surface area is 109 Å². The number of likely N-dealkylation sites (N-methyl/N-ethyl adjacent to an activating group) is 1. The highest BCUT2D eigenvalue weighted by Gasteiger charge is 2.22. The molecule has 1 aliphatic heterocycles. The number of hydrogen-bond acceptors (Lipinski definition) is 4. The first-order valence-corrected chi connectivity index (χ1v) is 7.13. The van der Waals surface area contributed by atoms with Crippen LogP contribution in [0.15, 0.2) is 15.9 Å². The number of thiophene rings is 1. The highest BCUT2D eigenvalue weighted by atomic mass is 79.9. The summed E-state index contributed by atoms with van der Waals surface area (Å²) in [4.78, 5) is 3.67. The predicted molar refractivity (Wildman–Crippen MR) is 70.8 cm³/mol. The molecule has 1 aromatic rings. The van der Waals surface area contributed by atoms with E-state index in [-0.39, 0.29) is 6.10 Å². The van der Waals surface area contributed by atoms with Gasteiger partial charge in [0.15, 0.2) is 0 Å². The van der Waals surface area contributed by atoms with Crippen LogP contribution in [0.5, 0.6) is 0 Å². The standard InChI is InChI=1S/C11H17BrN2OS/c1-14(5-9-3-10(15)4-13-9)6-11-2-8(12)7-16-11/h2,7,9-10,13,15H,3-6H2,1H3. The molecule has 2 N–H and O–H groups in total. The molecule has 2 rings (SSSR count). The van der Waals surface area contributed by atoms with Crippen LogP contribution in [0.2, 0.25) is 0 Å². The summed E-state index contributed by atoms with van der Waals surface area (Å²) >= 11 is 5.24. The summed E-state index contributed by atoms with van der Waals surface area (Å²) < 4.78 is 1.16. The molecule has 1 saturated heterocycles. The third-order valence-corrected chi connectivity index (χ3v) is 4.46. The van der Waals surface area contributed by atoms with E-state index in [1.165, 1.54) is 4.88 Å². The van der Waals surface area contributed by atoms with Gasteiger partial charge in [0.05, 0.1) is 6.10 Å². The summed E-state index contributed by atoms with van der Waals surface area (Å²) in [5, 5.41) is 14.9. The lowest BCUT2D eigenvalue weighted by Crippen LogP contribution is -2.34. The van der Waals surface area contributed by atoms with Crippen molar-refractivity contribution in [3.63, 3.8) is 0 Å². The fourth-order valence-corrected chi connectivity index (χ4v) is 3.61. The van der Waals surface area contributed by atoms with Crippen molar-refractivity contribution < 1.29 is 5.11 Å². The molecule has 5 heteroatoms. The van der Waals surface area contributed by atoms with E-state index in [4.69, 9.17) is 0 Å². The van der Waals surface area contributed by atoms with E-state index in [0.717, 1.165) is 30.5 Å². The number of aliphatic hydroxyl groups excluding tert-OH is 1. The van der Waals surface area contributed by atoms with Crippen molar-refractivity contribution in [2.24, 2.45) is 0 Å². The summed E-state index contributed by atoms with van der Waals surface area (Å²) in [7, 11) is 2.13. The van der Waals surface area contributed by atoms with Gasteiger partial charge in [0.2, 0.25) is 0 Å². The highest BCUT2D eigenvalue weighted by Crippen LogP contribution is 2.21. The maximum atomic E-state index is 9.42. The van der Waals surface area contributed by atoms with E-state index in [0.29, 0.717) is 6.04 Å². The molecule has 2 heterocycles. The average molecular weight is 305 g/mol. The van der Waals surface area contributed by atoms with E-state index in [1.54, 1.807) is 11.3 Å². The Kier molecular flexibility index (Phi) is 4.38. The lowest BCUT2D eigenvalue weighted by atomic mass is 10.2. The van der Waals surface area contributed by atoms with Gasteiger partial charge in [-0.15, -0.1) is 11.3 Å². The molecule has 2 atom stereocenters. The second-order valence-electron chi connectivity index (χ2n) is 4.42. The predicted octanol–water partition coefficient (Wildman–Crippen LogP) is 1.67. The molecule has 1 aliphatic rings. The van der Waals surface area contributed by atoms with Gasteiger partial charge in [-0.2, -0.15) is 0 Å². The normalized spacial score (nSPS) is 25.5. The van der Waals surface area contributed by atoms with E-state index >= 15 is 0 Å². The molecule has 3 nitrogen and oxygen atoms in total. The fraction of sp³-hybridized carbons (Fsp3) is 0.636. The number of aliphatic hydroxyl groups is 1. The van der Waals surface area contributed by atoms with Gasteiger partial charge in [0.1, 0.15) is 0 Å². The van der Waals surface area contributed by atoms with Gasteiger partial charge < -0.3 is 10.4 Å². The number of nitrogens with one attached hydrogen (secondary N) is 1. The Morgan fingerprint density at radius 1 is 1.69 bits per heavy atom.